The molecule has 2 aromatic carbocycles. The molecule has 0 aliphatic heterocycles. The van der Waals surface area contributed by atoms with Crippen molar-refractivity contribution in [3.63, 3.8) is 0 Å². The van der Waals surface area contributed by atoms with Crippen molar-refractivity contribution in [2.45, 2.75) is 6.42 Å². The van der Waals surface area contributed by atoms with Crippen molar-refractivity contribution in [3.8, 4) is 0 Å². The lowest BCUT2D eigenvalue weighted by molar-refractivity contribution is -0.115. The fourth-order valence-corrected chi connectivity index (χ4v) is 2.53. The second-order valence-corrected chi connectivity index (χ2v) is 6.09. The summed E-state index contributed by atoms with van der Waals surface area (Å²) >= 11 is 6.58. The molecule has 4 nitrogen and oxygen atoms in total. The first-order valence-electron chi connectivity index (χ1n) is 6.03. The first kappa shape index (κ1) is 15.7. The SMILES string of the molecule is O=C(Cc1ccc(Br)cc1)Nc1c(Br)cccc1C(=O)O. The van der Waals surface area contributed by atoms with Gasteiger partial charge in [0, 0.05) is 8.95 Å². The topological polar surface area (TPSA) is 66.4 Å². The Morgan fingerprint density at radius 2 is 1.71 bits per heavy atom. The number of hydrogen-bond acceptors (Lipinski definition) is 2. The summed E-state index contributed by atoms with van der Waals surface area (Å²) in [6.45, 7) is 0. The summed E-state index contributed by atoms with van der Waals surface area (Å²) in [6, 6.07) is 12.1. The van der Waals surface area contributed by atoms with Crippen LogP contribution in [0.15, 0.2) is 51.4 Å². The van der Waals surface area contributed by atoms with Crippen LogP contribution >= 0.6 is 31.9 Å². The van der Waals surface area contributed by atoms with E-state index in [4.69, 9.17) is 5.11 Å². The van der Waals surface area contributed by atoms with Crippen LogP contribution in [-0.4, -0.2) is 17.0 Å². The van der Waals surface area contributed by atoms with Gasteiger partial charge in [0.2, 0.25) is 5.91 Å². The minimum absolute atomic E-state index is 0.0496. The van der Waals surface area contributed by atoms with E-state index in [2.05, 4.69) is 37.2 Å². The second-order valence-electron chi connectivity index (χ2n) is 4.32. The van der Waals surface area contributed by atoms with Crippen molar-refractivity contribution in [2.24, 2.45) is 0 Å². The largest absolute Gasteiger partial charge is 0.478 e. The third-order valence-electron chi connectivity index (χ3n) is 2.79. The van der Waals surface area contributed by atoms with E-state index in [1.165, 1.54) is 6.07 Å². The van der Waals surface area contributed by atoms with E-state index < -0.39 is 5.97 Å². The first-order chi connectivity index (χ1) is 9.97. The van der Waals surface area contributed by atoms with E-state index >= 15 is 0 Å². The summed E-state index contributed by atoms with van der Waals surface area (Å²) in [5.41, 5.74) is 1.17. The standard InChI is InChI=1S/C15H11Br2NO3/c16-10-6-4-9(5-7-10)8-13(19)18-14-11(15(20)21)2-1-3-12(14)17/h1-7H,8H2,(H,18,19)(H,20,21). The molecule has 2 rings (SSSR count). The van der Waals surface area contributed by atoms with Crippen molar-refractivity contribution in [1.82, 2.24) is 0 Å². The molecule has 0 aliphatic carbocycles. The van der Waals surface area contributed by atoms with Crippen molar-refractivity contribution in [1.29, 1.82) is 0 Å². The summed E-state index contributed by atoms with van der Waals surface area (Å²) in [4.78, 5) is 23.2. The Balaban J connectivity index is 2.16. The van der Waals surface area contributed by atoms with E-state index in [0.717, 1.165) is 10.0 Å². The van der Waals surface area contributed by atoms with Gasteiger partial charge in [-0.1, -0.05) is 34.1 Å². The molecule has 1 amide bonds. The molecule has 0 radical (unpaired) electrons. The fraction of sp³-hybridized carbons (Fsp3) is 0.0667. The van der Waals surface area contributed by atoms with E-state index in [1.54, 1.807) is 12.1 Å². The number of amides is 1. The van der Waals surface area contributed by atoms with Crippen molar-refractivity contribution in [3.05, 3.63) is 62.5 Å². The lowest BCUT2D eigenvalue weighted by Crippen LogP contribution is -2.17. The molecule has 6 heteroatoms. The van der Waals surface area contributed by atoms with Crippen molar-refractivity contribution >= 4 is 49.4 Å². The van der Waals surface area contributed by atoms with Gasteiger partial charge in [-0.25, -0.2) is 4.79 Å². The molecule has 0 spiro atoms. The monoisotopic (exact) mass is 411 g/mol. The predicted octanol–water partition coefficient (Wildman–Crippen LogP) is 4.09. The van der Waals surface area contributed by atoms with E-state index in [9.17, 15) is 9.59 Å². The Labute approximate surface area is 138 Å². The fourth-order valence-electron chi connectivity index (χ4n) is 1.80. The summed E-state index contributed by atoms with van der Waals surface area (Å²) in [5, 5.41) is 11.8. The van der Waals surface area contributed by atoms with Crippen LogP contribution < -0.4 is 5.32 Å². The van der Waals surface area contributed by atoms with Gasteiger partial charge in [0.1, 0.15) is 0 Å². The van der Waals surface area contributed by atoms with Crippen LogP contribution in [0.5, 0.6) is 0 Å². The Bertz CT molecular complexity index is 684. The summed E-state index contributed by atoms with van der Waals surface area (Å²) in [7, 11) is 0. The molecule has 0 saturated heterocycles. The minimum Gasteiger partial charge on any atom is -0.478 e. The van der Waals surface area contributed by atoms with Gasteiger partial charge in [0.15, 0.2) is 0 Å². The number of rotatable bonds is 4. The molecule has 0 unspecified atom stereocenters. The molecular formula is C15H11Br2NO3. The van der Waals surface area contributed by atoms with Crippen LogP contribution in [0.2, 0.25) is 0 Å². The molecule has 0 atom stereocenters. The minimum atomic E-state index is -1.09. The van der Waals surface area contributed by atoms with Gasteiger partial charge >= 0.3 is 5.97 Å². The number of halogens is 2. The van der Waals surface area contributed by atoms with Crippen molar-refractivity contribution in [2.75, 3.05) is 5.32 Å². The third kappa shape index (κ3) is 4.15. The number of carboxylic acids is 1. The number of carboxylic acid groups (broad SMARTS) is 1. The molecule has 0 aliphatic rings. The third-order valence-corrected chi connectivity index (χ3v) is 3.98. The molecule has 108 valence electrons. The molecule has 2 N–H and O–H groups in total. The lowest BCUT2D eigenvalue weighted by Gasteiger charge is -2.10. The highest BCUT2D eigenvalue weighted by Crippen LogP contribution is 2.26. The first-order valence-corrected chi connectivity index (χ1v) is 7.62. The molecular weight excluding hydrogens is 402 g/mol. The maximum Gasteiger partial charge on any atom is 0.337 e. The maximum atomic E-state index is 12.1. The predicted molar refractivity (Wildman–Crippen MR) is 87.6 cm³/mol. The van der Waals surface area contributed by atoms with Crippen LogP contribution in [0.1, 0.15) is 15.9 Å². The molecule has 21 heavy (non-hydrogen) atoms. The molecule has 0 fully saturated rings. The Kier molecular flexibility index (Phi) is 5.14. The number of carbonyl (C=O) groups excluding carboxylic acids is 1. The van der Waals surface area contributed by atoms with Gasteiger partial charge in [-0.2, -0.15) is 0 Å². The normalized spacial score (nSPS) is 10.2. The zero-order valence-corrected chi connectivity index (χ0v) is 13.9. The zero-order chi connectivity index (χ0) is 15.4. The lowest BCUT2D eigenvalue weighted by atomic mass is 10.1. The van der Waals surface area contributed by atoms with E-state index in [1.807, 2.05) is 24.3 Å². The highest BCUT2D eigenvalue weighted by Gasteiger charge is 2.15. The van der Waals surface area contributed by atoms with Crippen LogP contribution in [0.3, 0.4) is 0 Å². The number of aromatic carboxylic acids is 1. The molecule has 0 saturated carbocycles. The maximum absolute atomic E-state index is 12.1. The second kappa shape index (κ2) is 6.87. The van der Waals surface area contributed by atoms with Gasteiger partial charge < -0.3 is 10.4 Å². The quantitative estimate of drug-likeness (QED) is 0.794. The number of benzene rings is 2. The summed E-state index contributed by atoms with van der Waals surface area (Å²) in [5.74, 6) is -1.36. The van der Waals surface area contributed by atoms with Gasteiger partial charge in [-0.15, -0.1) is 0 Å². The van der Waals surface area contributed by atoms with Crippen LogP contribution in [-0.2, 0) is 11.2 Å². The highest BCUT2D eigenvalue weighted by molar-refractivity contribution is 9.10. The van der Waals surface area contributed by atoms with Crippen LogP contribution in [0.4, 0.5) is 5.69 Å². The van der Waals surface area contributed by atoms with Crippen LogP contribution in [0, 0.1) is 0 Å². The Hall–Kier alpha value is -1.66. The van der Waals surface area contributed by atoms with Gasteiger partial charge in [-0.05, 0) is 45.8 Å². The average molecular weight is 413 g/mol. The number of para-hydroxylation sites is 1. The number of anilines is 1. The molecule has 2 aromatic rings. The molecule has 0 bridgehead atoms. The molecule has 0 aromatic heterocycles. The summed E-state index contributed by atoms with van der Waals surface area (Å²) in [6.07, 6.45) is 0.174. The average Bonchev–Trinajstić information content (AvgIpc) is 2.43. The van der Waals surface area contributed by atoms with E-state index in [-0.39, 0.29) is 23.6 Å². The number of nitrogens with one attached hydrogen (secondary N) is 1. The smallest absolute Gasteiger partial charge is 0.337 e. The summed E-state index contributed by atoms with van der Waals surface area (Å²) < 4.78 is 1.47. The van der Waals surface area contributed by atoms with Gasteiger partial charge in [0.25, 0.3) is 0 Å². The Morgan fingerprint density at radius 3 is 2.33 bits per heavy atom. The Morgan fingerprint density at radius 1 is 1.05 bits per heavy atom. The van der Waals surface area contributed by atoms with E-state index in [0.29, 0.717) is 4.47 Å². The molecule has 0 heterocycles. The van der Waals surface area contributed by atoms with Gasteiger partial charge in [-0.3, -0.25) is 4.79 Å². The number of carbonyl (C=O) groups is 2. The number of hydrogen-bond donors (Lipinski definition) is 2. The highest BCUT2D eigenvalue weighted by atomic mass is 79.9. The van der Waals surface area contributed by atoms with Crippen LogP contribution in [0.25, 0.3) is 0 Å². The zero-order valence-electron chi connectivity index (χ0n) is 10.8. The van der Waals surface area contributed by atoms with Gasteiger partial charge in [0.05, 0.1) is 17.7 Å². The van der Waals surface area contributed by atoms with Crippen molar-refractivity contribution < 1.29 is 14.7 Å².